The summed E-state index contributed by atoms with van der Waals surface area (Å²) in [7, 11) is 0. The minimum absolute atomic E-state index is 0.0436. The lowest BCUT2D eigenvalue weighted by Crippen LogP contribution is -2.33. The number of carbonyl (C=O) groups excluding carboxylic acids is 1. The zero-order valence-corrected chi connectivity index (χ0v) is 14.6. The summed E-state index contributed by atoms with van der Waals surface area (Å²) in [6, 6.07) is 13.7. The Balaban J connectivity index is 2.06. The molecule has 2 rings (SSSR count). The van der Waals surface area contributed by atoms with Gasteiger partial charge in [0.2, 0.25) is 5.91 Å². The Hall–Kier alpha value is -2.83. The molecule has 4 nitrogen and oxygen atoms in total. The van der Waals surface area contributed by atoms with E-state index >= 15 is 0 Å². The quantitative estimate of drug-likeness (QED) is 0.750. The minimum atomic E-state index is -4.42. The van der Waals surface area contributed by atoms with Gasteiger partial charge in [-0.3, -0.25) is 9.59 Å². The number of carbonyl (C=O) groups is 2. The Morgan fingerprint density at radius 2 is 1.56 bits per heavy atom. The van der Waals surface area contributed by atoms with Crippen LogP contribution in [0.1, 0.15) is 29.5 Å². The summed E-state index contributed by atoms with van der Waals surface area (Å²) in [4.78, 5) is 24.9. The molecule has 0 aliphatic rings. The fourth-order valence-electron chi connectivity index (χ4n) is 2.61. The lowest BCUT2D eigenvalue weighted by molar-refractivity contribution is -0.138. The van der Waals surface area contributed by atoms with Crippen molar-refractivity contribution in [2.45, 2.75) is 32.0 Å². The summed E-state index contributed by atoms with van der Waals surface area (Å²) in [6.07, 6.45) is -4.21. The predicted molar refractivity (Wildman–Crippen MR) is 93.9 cm³/mol. The van der Waals surface area contributed by atoms with Gasteiger partial charge in [0.05, 0.1) is 12.0 Å². The highest BCUT2D eigenvalue weighted by Crippen LogP contribution is 2.29. The normalized spacial score (nSPS) is 11.2. The van der Waals surface area contributed by atoms with Gasteiger partial charge < -0.3 is 10.0 Å². The van der Waals surface area contributed by atoms with Gasteiger partial charge in [-0.15, -0.1) is 0 Å². The van der Waals surface area contributed by atoms with Crippen molar-refractivity contribution < 1.29 is 27.9 Å². The molecule has 0 saturated heterocycles. The highest BCUT2D eigenvalue weighted by molar-refractivity contribution is 5.79. The first-order valence-electron chi connectivity index (χ1n) is 8.45. The lowest BCUT2D eigenvalue weighted by atomic mass is 10.1. The molecule has 2 aromatic rings. The summed E-state index contributed by atoms with van der Waals surface area (Å²) in [5, 5.41) is 8.79. The monoisotopic (exact) mass is 379 g/mol. The Morgan fingerprint density at radius 3 is 2.11 bits per heavy atom. The first-order chi connectivity index (χ1) is 12.8. The highest BCUT2D eigenvalue weighted by Gasteiger charge is 2.30. The Morgan fingerprint density at radius 1 is 0.926 bits per heavy atom. The van der Waals surface area contributed by atoms with Crippen molar-refractivity contribution in [2.75, 3.05) is 6.54 Å². The number of halogens is 3. The molecule has 1 amide bonds. The number of benzene rings is 2. The minimum Gasteiger partial charge on any atom is -0.481 e. The van der Waals surface area contributed by atoms with Crippen molar-refractivity contribution in [2.24, 2.45) is 0 Å². The van der Waals surface area contributed by atoms with E-state index in [9.17, 15) is 22.8 Å². The molecular formula is C20H20F3NO3. The molecule has 0 aliphatic carbocycles. The summed E-state index contributed by atoms with van der Waals surface area (Å²) in [5.74, 6) is -1.20. The number of carboxylic acids is 1. The van der Waals surface area contributed by atoms with Gasteiger partial charge in [-0.2, -0.15) is 13.2 Å². The van der Waals surface area contributed by atoms with Gasteiger partial charge >= 0.3 is 12.1 Å². The molecule has 0 bridgehead atoms. The smallest absolute Gasteiger partial charge is 0.416 e. The summed E-state index contributed by atoms with van der Waals surface area (Å²) in [5.41, 5.74) is 0.610. The molecule has 0 unspecified atom stereocenters. The maximum atomic E-state index is 12.6. The van der Waals surface area contributed by atoms with Crippen LogP contribution in [0.2, 0.25) is 0 Å². The predicted octanol–water partition coefficient (Wildman–Crippen LogP) is 4.14. The Kier molecular flexibility index (Phi) is 6.98. The molecule has 27 heavy (non-hydrogen) atoms. The van der Waals surface area contributed by atoms with E-state index in [0.717, 1.165) is 17.7 Å². The SMILES string of the molecule is O=C(O)CCCN(Cc1ccccc1)C(=O)Cc1ccc(C(F)(F)F)cc1. The van der Waals surface area contributed by atoms with Gasteiger partial charge in [0.15, 0.2) is 0 Å². The average molecular weight is 379 g/mol. The third-order valence-electron chi connectivity index (χ3n) is 4.02. The molecule has 0 saturated carbocycles. The van der Waals surface area contributed by atoms with Crippen LogP contribution in [0.15, 0.2) is 54.6 Å². The van der Waals surface area contributed by atoms with Crippen LogP contribution in [-0.2, 0) is 28.7 Å². The third-order valence-corrected chi connectivity index (χ3v) is 4.02. The first-order valence-corrected chi connectivity index (χ1v) is 8.45. The Bertz CT molecular complexity index is 758. The Labute approximate surface area is 155 Å². The van der Waals surface area contributed by atoms with Crippen LogP contribution in [0.4, 0.5) is 13.2 Å². The standard InChI is InChI=1S/C20H20F3NO3/c21-20(22,23)17-10-8-15(9-11-17)13-18(25)24(12-4-7-19(26)27)14-16-5-2-1-3-6-16/h1-3,5-6,8-11H,4,7,12-14H2,(H,26,27). The van der Waals surface area contributed by atoms with Gasteiger partial charge in [0, 0.05) is 19.5 Å². The summed E-state index contributed by atoms with van der Waals surface area (Å²) in [6.45, 7) is 0.584. The number of nitrogens with zero attached hydrogens (tertiary/aromatic N) is 1. The number of aliphatic carboxylic acids is 1. The maximum absolute atomic E-state index is 12.6. The van der Waals surface area contributed by atoms with E-state index < -0.39 is 17.7 Å². The van der Waals surface area contributed by atoms with Gasteiger partial charge in [-0.05, 0) is 29.7 Å². The molecule has 144 valence electrons. The van der Waals surface area contributed by atoms with Crippen molar-refractivity contribution >= 4 is 11.9 Å². The molecular weight excluding hydrogens is 359 g/mol. The van der Waals surface area contributed by atoms with Crippen LogP contribution in [0.5, 0.6) is 0 Å². The van der Waals surface area contributed by atoms with Gasteiger partial charge in [-0.1, -0.05) is 42.5 Å². The molecule has 0 fully saturated rings. The number of hydrogen-bond acceptors (Lipinski definition) is 2. The molecule has 0 atom stereocenters. The van der Waals surface area contributed by atoms with Crippen LogP contribution in [-0.4, -0.2) is 28.4 Å². The van der Waals surface area contributed by atoms with Crippen LogP contribution in [0.3, 0.4) is 0 Å². The summed E-state index contributed by atoms with van der Waals surface area (Å²) < 4.78 is 37.9. The first kappa shape index (κ1) is 20.5. The maximum Gasteiger partial charge on any atom is 0.416 e. The van der Waals surface area contributed by atoms with Crippen LogP contribution in [0, 0.1) is 0 Å². The number of amides is 1. The second kappa shape index (κ2) is 9.21. The molecule has 0 heterocycles. The zero-order valence-electron chi connectivity index (χ0n) is 14.6. The molecule has 0 aliphatic heterocycles. The fourth-order valence-corrected chi connectivity index (χ4v) is 2.61. The van der Waals surface area contributed by atoms with E-state index in [4.69, 9.17) is 5.11 Å². The fraction of sp³-hybridized carbons (Fsp3) is 0.300. The molecule has 1 N–H and O–H groups in total. The number of rotatable bonds is 8. The van der Waals surface area contributed by atoms with E-state index in [1.807, 2.05) is 30.3 Å². The van der Waals surface area contributed by atoms with Crippen molar-refractivity contribution in [1.29, 1.82) is 0 Å². The van der Waals surface area contributed by atoms with Crippen LogP contribution >= 0.6 is 0 Å². The van der Waals surface area contributed by atoms with E-state index in [1.54, 1.807) is 0 Å². The average Bonchev–Trinajstić information content (AvgIpc) is 2.61. The lowest BCUT2D eigenvalue weighted by Gasteiger charge is -2.23. The second-order valence-electron chi connectivity index (χ2n) is 6.17. The molecule has 2 aromatic carbocycles. The van der Waals surface area contributed by atoms with E-state index in [0.29, 0.717) is 18.5 Å². The number of carboxylic acid groups (broad SMARTS) is 1. The second-order valence-corrected chi connectivity index (χ2v) is 6.17. The van der Waals surface area contributed by atoms with Crippen molar-refractivity contribution in [3.05, 3.63) is 71.3 Å². The largest absolute Gasteiger partial charge is 0.481 e. The van der Waals surface area contributed by atoms with Crippen molar-refractivity contribution in [3.8, 4) is 0 Å². The van der Waals surface area contributed by atoms with Gasteiger partial charge in [0.1, 0.15) is 0 Å². The molecule has 0 aromatic heterocycles. The molecule has 0 spiro atoms. The molecule has 0 radical (unpaired) electrons. The van der Waals surface area contributed by atoms with Gasteiger partial charge in [0.25, 0.3) is 0 Å². The van der Waals surface area contributed by atoms with Crippen LogP contribution < -0.4 is 0 Å². The van der Waals surface area contributed by atoms with Crippen LogP contribution in [0.25, 0.3) is 0 Å². The van der Waals surface area contributed by atoms with E-state index in [2.05, 4.69) is 0 Å². The number of hydrogen-bond donors (Lipinski definition) is 1. The topological polar surface area (TPSA) is 57.6 Å². The molecule has 7 heteroatoms. The highest BCUT2D eigenvalue weighted by atomic mass is 19.4. The van der Waals surface area contributed by atoms with Crippen molar-refractivity contribution in [3.63, 3.8) is 0 Å². The third kappa shape index (κ3) is 6.77. The van der Waals surface area contributed by atoms with Crippen molar-refractivity contribution in [1.82, 2.24) is 4.90 Å². The number of alkyl halides is 3. The summed E-state index contributed by atoms with van der Waals surface area (Å²) >= 11 is 0. The van der Waals surface area contributed by atoms with Gasteiger partial charge in [-0.25, -0.2) is 0 Å². The van der Waals surface area contributed by atoms with E-state index in [1.165, 1.54) is 17.0 Å². The van der Waals surface area contributed by atoms with E-state index in [-0.39, 0.29) is 25.3 Å². The zero-order chi connectivity index (χ0) is 19.9.